The molecule has 2 aromatic rings. The zero-order valence-corrected chi connectivity index (χ0v) is 17.7. The minimum Gasteiger partial charge on any atom is -0.349 e. The van der Waals surface area contributed by atoms with Crippen molar-refractivity contribution in [2.24, 2.45) is 5.92 Å². The van der Waals surface area contributed by atoms with E-state index in [1.807, 2.05) is 30.3 Å². The average molecular weight is 437 g/mol. The minimum atomic E-state index is -4.15. The topological polar surface area (TPSA) is 66.5 Å². The number of carbonyl (C=O) groups is 1. The van der Waals surface area contributed by atoms with Crippen molar-refractivity contribution in [2.75, 3.05) is 13.1 Å². The molecule has 0 aliphatic carbocycles. The molecule has 0 spiro atoms. The number of nitrogens with one attached hydrogen (secondary N) is 1. The number of halogens is 2. The van der Waals surface area contributed by atoms with Gasteiger partial charge in [0.25, 0.3) is 0 Å². The van der Waals surface area contributed by atoms with Gasteiger partial charge in [-0.05, 0) is 43.0 Å². The first kappa shape index (κ1) is 22.4. The lowest BCUT2D eigenvalue weighted by molar-refractivity contribution is -0.127. The maximum atomic E-state index is 14.0. The zero-order chi connectivity index (χ0) is 21.7. The molecule has 5 nitrogen and oxygen atoms in total. The number of nitrogens with zero attached hydrogens (tertiary/aromatic N) is 1. The van der Waals surface area contributed by atoms with Gasteiger partial charge in [0.1, 0.15) is 16.5 Å². The second kappa shape index (κ2) is 9.66. The van der Waals surface area contributed by atoms with Gasteiger partial charge < -0.3 is 5.32 Å². The van der Waals surface area contributed by atoms with Crippen molar-refractivity contribution in [3.63, 3.8) is 0 Å². The summed E-state index contributed by atoms with van der Waals surface area (Å²) in [6.45, 7) is 2.22. The molecule has 8 heteroatoms. The Labute approximate surface area is 176 Å². The Morgan fingerprint density at radius 3 is 2.43 bits per heavy atom. The fraction of sp³-hybridized carbons (Fsp3) is 0.409. The molecule has 30 heavy (non-hydrogen) atoms. The van der Waals surface area contributed by atoms with E-state index in [0.717, 1.165) is 34.8 Å². The molecule has 0 radical (unpaired) electrons. The smallest absolute Gasteiger partial charge is 0.246 e. The molecule has 162 valence electrons. The Hall–Kier alpha value is -2.32. The van der Waals surface area contributed by atoms with Crippen LogP contribution < -0.4 is 5.32 Å². The monoisotopic (exact) mass is 436 g/mol. The predicted octanol–water partition coefficient (Wildman–Crippen LogP) is 4.02. The number of rotatable bonds is 7. The molecular formula is C22H26F2N2O3S. The first-order valence-corrected chi connectivity index (χ1v) is 11.6. The summed E-state index contributed by atoms with van der Waals surface area (Å²) >= 11 is 0. The Bertz CT molecular complexity index is 975. The highest BCUT2D eigenvalue weighted by Crippen LogP contribution is 2.27. The first-order chi connectivity index (χ1) is 14.3. The summed E-state index contributed by atoms with van der Waals surface area (Å²) in [5, 5.41) is 3.09. The van der Waals surface area contributed by atoms with E-state index in [1.54, 1.807) is 0 Å². The normalized spacial score (nSPS) is 16.9. The molecule has 1 aliphatic heterocycles. The summed E-state index contributed by atoms with van der Waals surface area (Å²) in [4.78, 5) is 12.1. The quantitative estimate of drug-likeness (QED) is 0.713. The highest BCUT2D eigenvalue weighted by molar-refractivity contribution is 7.89. The summed E-state index contributed by atoms with van der Waals surface area (Å²) in [6.07, 6.45) is 2.38. The lowest BCUT2D eigenvalue weighted by Crippen LogP contribution is -2.43. The van der Waals surface area contributed by atoms with Crippen LogP contribution in [0.2, 0.25) is 0 Å². The van der Waals surface area contributed by atoms with E-state index in [-0.39, 0.29) is 31.0 Å². The Morgan fingerprint density at radius 2 is 1.80 bits per heavy atom. The third-order valence-electron chi connectivity index (χ3n) is 5.43. The summed E-state index contributed by atoms with van der Waals surface area (Å²) < 4.78 is 53.9. The molecule has 0 saturated carbocycles. The van der Waals surface area contributed by atoms with Crippen LogP contribution in [0.4, 0.5) is 8.78 Å². The van der Waals surface area contributed by atoms with Gasteiger partial charge in [-0.25, -0.2) is 17.2 Å². The Balaban J connectivity index is 1.64. The highest BCUT2D eigenvalue weighted by Gasteiger charge is 2.34. The van der Waals surface area contributed by atoms with Crippen LogP contribution in [0, 0.1) is 17.6 Å². The van der Waals surface area contributed by atoms with Crippen molar-refractivity contribution in [1.29, 1.82) is 0 Å². The lowest BCUT2D eigenvalue weighted by atomic mass is 9.95. The number of carbonyl (C=O) groups excluding carboxylic acids is 1. The number of piperidine rings is 1. The third kappa shape index (κ3) is 5.05. The van der Waals surface area contributed by atoms with Gasteiger partial charge in [-0.1, -0.05) is 43.7 Å². The van der Waals surface area contributed by atoms with Crippen LogP contribution in [0.3, 0.4) is 0 Å². The third-order valence-corrected chi connectivity index (χ3v) is 7.35. The molecule has 3 rings (SSSR count). The van der Waals surface area contributed by atoms with Crippen molar-refractivity contribution in [1.82, 2.24) is 9.62 Å². The zero-order valence-electron chi connectivity index (χ0n) is 16.9. The minimum absolute atomic E-state index is 0.0835. The number of benzene rings is 2. The molecule has 1 heterocycles. The van der Waals surface area contributed by atoms with E-state index in [9.17, 15) is 22.0 Å². The molecule has 1 aliphatic rings. The van der Waals surface area contributed by atoms with Crippen LogP contribution in [0.25, 0.3) is 0 Å². The molecule has 1 unspecified atom stereocenters. The molecule has 2 aromatic carbocycles. The van der Waals surface area contributed by atoms with Crippen molar-refractivity contribution in [3.05, 3.63) is 65.7 Å². The molecule has 1 amide bonds. The SMILES string of the molecule is CCCC(NC(=O)C1CCN(S(=O)(=O)c2cc(F)ccc2F)CC1)c1ccccc1. The van der Waals surface area contributed by atoms with Crippen LogP contribution in [-0.4, -0.2) is 31.7 Å². The number of hydrogen-bond donors (Lipinski definition) is 1. The molecule has 1 saturated heterocycles. The van der Waals surface area contributed by atoms with Crippen LogP contribution in [-0.2, 0) is 14.8 Å². The number of amides is 1. The molecule has 1 fully saturated rings. The van der Waals surface area contributed by atoms with Crippen LogP contribution in [0.1, 0.15) is 44.2 Å². The summed E-state index contributed by atoms with van der Waals surface area (Å²) in [7, 11) is -4.15. The fourth-order valence-electron chi connectivity index (χ4n) is 3.76. The molecule has 0 aromatic heterocycles. The summed E-state index contributed by atoms with van der Waals surface area (Å²) in [5.41, 5.74) is 1.04. The first-order valence-electron chi connectivity index (χ1n) is 10.1. The van der Waals surface area contributed by atoms with Gasteiger partial charge in [0.05, 0.1) is 6.04 Å². The van der Waals surface area contributed by atoms with Crippen molar-refractivity contribution in [2.45, 2.75) is 43.5 Å². The van der Waals surface area contributed by atoms with E-state index >= 15 is 0 Å². The summed E-state index contributed by atoms with van der Waals surface area (Å²) in [6, 6.07) is 12.0. The van der Waals surface area contributed by atoms with Gasteiger partial charge in [-0.15, -0.1) is 0 Å². The maximum absolute atomic E-state index is 14.0. The van der Waals surface area contributed by atoms with E-state index in [2.05, 4.69) is 12.2 Å². The van der Waals surface area contributed by atoms with Crippen molar-refractivity contribution >= 4 is 15.9 Å². The molecular weight excluding hydrogens is 410 g/mol. The number of hydrogen-bond acceptors (Lipinski definition) is 3. The van der Waals surface area contributed by atoms with Crippen molar-refractivity contribution < 1.29 is 22.0 Å². The molecule has 0 bridgehead atoms. The van der Waals surface area contributed by atoms with Gasteiger partial charge in [0, 0.05) is 19.0 Å². The largest absolute Gasteiger partial charge is 0.349 e. The van der Waals surface area contributed by atoms with E-state index in [4.69, 9.17) is 0 Å². The van der Waals surface area contributed by atoms with Crippen LogP contribution >= 0.6 is 0 Å². The number of sulfonamides is 1. The van der Waals surface area contributed by atoms with Crippen LogP contribution in [0.5, 0.6) is 0 Å². The average Bonchev–Trinajstić information content (AvgIpc) is 2.75. The predicted molar refractivity (Wildman–Crippen MR) is 110 cm³/mol. The van der Waals surface area contributed by atoms with E-state index < -0.39 is 26.6 Å². The Morgan fingerprint density at radius 1 is 1.13 bits per heavy atom. The molecule has 1 atom stereocenters. The van der Waals surface area contributed by atoms with Gasteiger partial charge in [0.2, 0.25) is 15.9 Å². The molecule has 1 N–H and O–H groups in total. The van der Waals surface area contributed by atoms with E-state index in [1.165, 1.54) is 0 Å². The van der Waals surface area contributed by atoms with Gasteiger partial charge in [0.15, 0.2) is 0 Å². The maximum Gasteiger partial charge on any atom is 0.246 e. The van der Waals surface area contributed by atoms with Crippen molar-refractivity contribution in [3.8, 4) is 0 Å². The fourth-order valence-corrected chi connectivity index (χ4v) is 5.30. The second-order valence-corrected chi connectivity index (χ2v) is 9.42. The van der Waals surface area contributed by atoms with Gasteiger partial charge >= 0.3 is 0 Å². The Kier molecular flexibility index (Phi) is 7.20. The summed E-state index contributed by atoms with van der Waals surface area (Å²) in [5.74, 6) is -2.23. The highest BCUT2D eigenvalue weighted by atomic mass is 32.2. The van der Waals surface area contributed by atoms with E-state index in [0.29, 0.717) is 18.9 Å². The standard InChI is InChI=1S/C22H26F2N2O3S/c1-2-6-20(16-7-4-3-5-8-16)25-22(27)17-11-13-26(14-12-17)30(28,29)21-15-18(23)9-10-19(21)24/h3-5,7-10,15,17,20H,2,6,11-14H2,1H3,(H,25,27). The second-order valence-electron chi connectivity index (χ2n) is 7.51. The van der Waals surface area contributed by atoms with Crippen LogP contribution in [0.15, 0.2) is 53.4 Å². The van der Waals surface area contributed by atoms with Gasteiger partial charge in [-0.2, -0.15) is 4.31 Å². The van der Waals surface area contributed by atoms with Gasteiger partial charge in [-0.3, -0.25) is 4.79 Å². The lowest BCUT2D eigenvalue weighted by Gasteiger charge is -2.31.